The second-order valence-electron chi connectivity index (χ2n) is 4.18. The van der Waals surface area contributed by atoms with Crippen LogP contribution >= 0.6 is 15.9 Å². The Balaban J connectivity index is 2.25. The van der Waals surface area contributed by atoms with Gasteiger partial charge in [-0.2, -0.15) is 0 Å². The Kier molecular flexibility index (Phi) is 4.52. The van der Waals surface area contributed by atoms with E-state index in [9.17, 15) is 18.8 Å². The van der Waals surface area contributed by atoms with Crippen LogP contribution in [0.5, 0.6) is 0 Å². The Hall–Kier alpha value is -2.02. The van der Waals surface area contributed by atoms with Crippen molar-refractivity contribution in [2.24, 2.45) is 0 Å². The summed E-state index contributed by atoms with van der Waals surface area (Å²) in [4.78, 5) is 36.1. The third-order valence-corrected chi connectivity index (χ3v) is 3.42. The van der Waals surface area contributed by atoms with Crippen molar-refractivity contribution in [1.29, 1.82) is 0 Å². The Morgan fingerprint density at radius 3 is 2.81 bits per heavy atom. The van der Waals surface area contributed by atoms with Gasteiger partial charge in [0.15, 0.2) is 0 Å². The number of carbonyl (C=O) groups is 3. The van der Waals surface area contributed by atoms with Crippen molar-refractivity contribution in [3.05, 3.63) is 40.1 Å². The van der Waals surface area contributed by atoms with Crippen LogP contribution in [0.2, 0.25) is 0 Å². The van der Waals surface area contributed by atoms with Gasteiger partial charge in [0.05, 0.1) is 17.9 Å². The first-order chi connectivity index (χ1) is 9.95. The predicted octanol–water partition coefficient (Wildman–Crippen LogP) is 2.24. The van der Waals surface area contributed by atoms with Gasteiger partial charge in [-0.3, -0.25) is 14.5 Å². The molecular weight excluding hydrogens is 345 g/mol. The number of hydrogen-bond donors (Lipinski definition) is 0. The zero-order valence-corrected chi connectivity index (χ0v) is 12.6. The Morgan fingerprint density at radius 1 is 1.43 bits per heavy atom. The molecule has 0 aromatic heterocycles. The van der Waals surface area contributed by atoms with Crippen LogP contribution in [0.1, 0.15) is 17.3 Å². The molecule has 0 spiro atoms. The molecule has 110 valence electrons. The average molecular weight is 356 g/mol. The molecule has 1 aromatic rings. The normalized spacial score (nSPS) is 14.0. The topological polar surface area (TPSA) is 63.7 Å². The molecule has 1 amide bonds. The van der Waals surface area contributed by atoms with E-state index in [2.05, 4.69) is 15.9 Å². The molecule has 0 saturated heterocycles. The lowest BCUT2D eigenvalue weighted by molar-refractivity contribution is -0.137. The zero-order valence-electron chi connectivity index (χ0n) is 11.1. The fraction of sp³-hybridized carbons (Fsp3) is 0.214. The van der Waals surface area contributed by atoms with Gasteiger partial charge in [0.25, 0.3) is 11.7 Å². The summed E-state index contributed by atoms with van der Waals surface area (Å²) in [7, 11) is 0. The monoisotopic (exact) mass is 355 g/mol. The van der Waals surface area contributed by atoms with Crippen molar-refractivity contribution in [3.63, 3.8) is 0 Å². The van der Waals surface area contributed by atoms with Gasteiger partial charge in [-0.15, -0.1) is 0 Å². The number of esters is 1. The first-order valence-electron chi connectivity index (χ1n) is 6.14. The van der Waals surface area contributed by atoms with Gasteiger partial charge in [-0.25, -0.2) is 9.18 Å². The minimum absolute atomic E-state index is 0.0106. The van der Waals surface area contributed by atoms with Crippen LogP contribution in [0.4, 0.5) is 10.1 Å². The molecule has 5 nitrogen and oxygen atoms in total. The number of fused-ring (bicyclic) bond motifs is 1. The maximum absolute atomic E-state index is 13.3. The van der Waals surface area contributed by atoms with E-state index in [1.54, 1.807) is 6.92 Å². The van der Waals surface area contributed by atoms with Crippen LogP contribution < -0.4 is 4.90 Å². The van der Waals surface area contributed by atoms with Gasteiger partial charge in [0, 0.05) is 17.1 Å². The fourth-order valence-electron chi connectivity index (χ4n) is 1.97. The average Bonchev–Trinajstić information content (AvgIpc) is 2.64. The molecule has 0 saturated carbocycles. The SMILES string of the molecule is CCOC(=O)/C=C/CN1C(=O)C(=O)c2cc(F)cc(Br)c21. The standard InChI is InChI=1S/C14H11BrFNO4/c1-2-21-11(18)4-3-5-17-12-9(13(19)14(17)20)6-8(16)7-10(12)15/h3-4,6-7H,2,5H2,1H3/b4-3+. The number of ether oxygens (including phenoxy) is 1. The molecular formula is C14H11BrFNO4. The lowest BCUT2D eigenvalue weighted by atomic mass is 10.1. The molecule has 0 unspecified atom stereocenters. The molecule has 21 heavy (non-hydrogen) atoms. The van der Waals surface area contributed by atoms with Crippen LogP contribution in [-0.4, -0.2) is 30.8 Å². The summed E-state index contributed by atoms with van der Waals surface area (Å²) in [5.74, 6) is -2.67. The molecule has 1 aromatic carbocycles. The van der Waals surface area contributed by atoms with E-state index in [0.29, 0.717) is 10.2 Å². The second-order valence-corrected chi connectivity index (χ2v) is 5.04. The van der Waals surface area contributed by atoms with Crippen molar-refractivity contribution in [2.45, 2.75) is 6.92 Å². The van der Waals surface area contributed by atoms with Crippen molar-refractivity contribution in [3.8, 4) is 0 Å². The van der Waals surface area contributed by atoms with Gasteiger partial charge < -0.3 is 4.74 Å². The quantitative estimate of drug-likeness (QED) is 0.472. The van der Waals surface area contributed by atoms with Gasteiger partial charge in [-0.05, 0) is 35.0 Å². The molecule has 0 radical (unpaired) electrons. The van der Waals surface area contributed by atoms with Crippen LogP contribution in [0.15, 0.2) is 28.8 Å². The molecule has 0 atom stereocenters. The Labute approximate surface area is 128 Å². The summed E-state index contributed by atoms with van der Waals surface area (Å²) in [5, 5.41) is 0. The summed E-state index contributed by atoms with van der Waals surface area (Å²) in [6.07, 6.45) is 2.59. The van der Waals surface area contributed by atoms with Gasteiger partial charge in [0.1, 0.15) is 5.82 Å². The predicted molar refractivity (Wildman–Crippen MR) is 76.6 cm³/mol. The molecule has 0 bridgehead atoms. The third-order valence-electron chi connectivity index (χ3n) is 2.81. The van der Waals surface area contributed by atoms with E-state index in [1.807, 2.05) is 0 Å². The summed E-state index contributed by atoms with van der Waals surface area (Å²) >= 11 is 3.14. The smallest absolute Gasteiger partial charge is 0.330 e. The van der Waals surface area contributed by atoms with Gasteiger partial charge in [-0.1, -0.05) is 6.08 Å². The number of carbonyl (C=O) groups excluding carboxylic acids is 3. The molecule has 7 heteroatoms. The number of amides is 1. The highest BCUT2D eigenvalue weighted by Crippen LogP contribution is 2.36. The maximum atomic E-state index is 13.3. The molecule has 1 heterocycles. The number of nitrogens with zero attached hydrogens (tertiary/aromatic N) is 1. The Morgan fingerprint density at radius 2 is 2.14 bits per heavy atom. The highest BCUT2D eigenvalue weighted by Gasteiger charge is 2.37. The number of rotatable bonds is 4. The van der Waals surface area contributed by atoms with E-state index in [1.165, 1.54) is 23.1 Å². The highest BCUT2D eigenvalue weighted by molar-refractivity contribution is 9.10. The Bertz CT molecular complexity index is 657. The zero-order chi connectivity index (χ0) is 15.6. The fourth-order valence-corrected chi connectivity index (χ4v) is 2.62. The van der Waals surface area contributed by atoms with Crippen molar-refractivity contribution < 1.29 is 23.5 Å². The number of hydrogen-bond acceptors (Lipinski definition) is 4. The van der Waals surface area contributed by atoms with Crippen LogP contribution in [0.3, 0.4) is 0 Å². The molecule has 0 fully saturated rings. The van der Waals surface area contributed by atoms with Gasteiger partial charge >= 0.3 is 5.97 Å². The lowest BCUT2D eigenvalue weighted by Gasteiger charge is -2.15. The van der Waals surface area contributed by atoms with Crippen LogP contribution in [-0.2, 0) is 14.3 Å². The number of anilines is 1. The number of ketones is 1. The molecule has 0 N–H and O–H groups in total. The van der Waals surface area contributed by atoms with Gasteiger partial charge in [0.2, 0.25) is 0 Å². The third kappa shape index (κ3) is 3.02. The first-order valence-corrected chi connectivity index (χ1v) is 6.93. The molecule has 1 aliphatic rings. The van der Waals surface area contributed by atoms with E-state index >= 15 is 0 Å². The van der Waals surface area contributed by atoms with Crippen molar-refractivity contribution >= 4 is 39.3 Å². The largest absolute Gasteiger partial charge is 0.463 e. The summed E-state index contributed by atoms with van der Waals surface area (Å²) in [6.45, 7) is 1.94. The summed E-state index contributed by atoms with van der Waals surface area (Å²) in [6, 6.07) is 2.20. The van der Waals surface area contributed by atoms with E-state index < -0.39 is 23.5 Å². The van der Waals surface area contributed by atoms with Crippen molar-refractivity contribution in [2.75, 3.05) is 18.1 Å². The molecule has 1 aliphatic heterocycles. The number of Topliss-reactive ketones (excluding diaryl/α,β-unsaturated/α-hetero) is 1. The lowest BCUT2D eigenvalue weighted by Crippen LogP contribution is -2.30. The minimum Gasteiger partial charge on any atom is -0.463 e. The van der Waals surface area contributed by atoms with Crippen molar-refractivity contribution in [1.82, 2.24) is 0 Å². The number of benzene rings is 1. The number of halogens is 2. The maximum Gasteiger partial charge on any atom is 0.330 e. The first kappa shape index (κ1) is 15.4. The van der Waals surface area contributed by atoms with E-state index in [-0.39, 0.29) is 18.7 Å². The second kappa shape index (κ2) is 6.17. The van der Waals surface area contributed by atoms with E-state index in [4.69, 9.17) is 4.74 Å². The van der Waals surface area contributed by atoms with E-state index in [0.717, 1.165) is 6.07 Å². The summed E-state index contributed by atoms with van der Waals surface area (Å²) in [5.41, 5.74) is 0.316. The van der Waals surface area contributed by atoms with Crippen LogP contribution in [0.25, 0.3) is 0 Å². The van der Waals surface area contributed by atoms with Crippen LogP contribution in [0, 0.1) is 5.82 Å². The summed E-state index contributed by atoms with van der Waals surface area (Å²) < 4.78 is 18.3. The molecule has 2 rings (SSSR count). The molecule has 0 aliphatic carbocycles. The minimum atomic E-state index is -0.769. The highest BCUT2D eigenvalue weighted by atomic mass is 79.9.